The number of aliphatic hydroxyl groups excluding tert-OH is 23. The number of ether oxygens (including phenoxy) is 17. The lowest BCUT2D eigenvalue weighted by Gasteiger charge is -2.71. The van der Waals surface area contributed by atoms with E-state index in [1.165, 1.54) is 26.0 Å². The van der Waals surface area contributed by atoms with Gasteiger partial charge in [0.15, 0.2) is 50.1 Å². The van der Waals surface area contributed by atoms with Gasteiger partial charge in [-0.2, -0.15) is 0 Å². The Bertz CT molecular complexity index is 3770. The SMILES string of the molecule is C=CC(C)(CCC=C(CO)C(=O)OC1CC2(C(=O)OC3OC(CO)C(O)C(O)C3OC3OC(C)C(OC4OC(CO)C(O)C4O)C(OC4OC(CO)C(O)C(O)C4O)C3O)CCC3(C)C(=CCC4C5(C)CCC(OC6OC(COC7OCC(O)C(O)C7OC7OCC(O)C(O)C7O)C(O)C(O)C6O)C(C)(C)C5CCC43C)C2CC1(C)C)OC1OC(C)C(O)C(O)C1O. The van der Waals surface area contributed by atoms with E-state index in [0.29, 0.717) is 38.5 Å². The summed E-state index contributed by atoms with van der Waals surface area (Å²) in [6.07, 6.45) is -57.6. The van der Waals surface area contributed by atoms with E-state index < -0.39 is 342 Å². The van der Waals surface area contributed by atoms with E-state index in [-0.39, 0.29) is 49.5 Å². The average Bonchev–Trinajstić information content (AvgIpc) is 0.875. The quantitative estimate of drug-likeness (QED) is 0.0157. The lowest BCUT2D eigenvalue weighted by atomic mass is 9.33. The van der Waals surface area contributed by atoms with Gasteiger partial charge in [-0.25, -0.2) is 4.79 Å². The summed E-state index contributed by atoms with van der Waals surface area (Å²) in [5.41, 5.74) is -5.72. The summed E-state index contributed by atoms with van der Waals surface area (Å²) < 4.78 is 103. The molecule has 127 heavy (non-hydrogen) atoms. The minimum atomic E-state index is -2.23. The molecule has 0 aromatic heterocycles. The molecule has 42 nitrogen and oxygen atoms in total. The van der Waals surface area contributed by atoms with Crippen LogP contribution in [0.3, 0.4) is 0 Å². The summed E-state index contributed by atoms with van der Waals surface area (Å²) in [7, 11) is 0. The molecule has 0 bridgehead atoms. The Balaban J connectivity index is 0.779. The van der Waals surface area contributed by atoms with E-state index in [2.05, 4.69) is 47.3 Å². The maximum Gasteiger partial charge on any atom is 0.336 e. The van der Waals surface area contributed by atoms with Crippen molar-refractivity contribution in [1.82, 2.24) is 0 Å². The van der Waals surface area contributed by atoms with Gasteiger partial charge in [0, 0.05) is 11.8 Å². The van der Waals surface area contributed by atoms with Crippen molar-refractivity contribution in [2.24, 2.45) is 50.2 Å². The van der Waals surface area contributed by atoms with Crippen molar-refractivity contribution >= 4 is 11.9 Å². The van der Waals surface area contributed by atoms with Gasteiger partial charge in [0.05, 0.1) is 81.1 Å². The highest BCUT2D eigenvalue weighted by molar-refractivity contribution is 5.89. The van der Waals surface area contributed by atoms with Crippen LogP contribution in [0.5, 0.6) is 0 Å². The summed E-state index contributed by atoms with van der Waals surface area (Å²) >= 11 is 0. The van der Waals surface area contributed by atoms with Gasteiger partial charge in [-0.15, -0.1) is 6.58 Å². The molecule has 13 aliphatic rings. The van der Waals surface area contributed by atoms with Crippen molar-refractivity contribution in [2.45, 2.75) is 385 Å². The number of aliphatic hydroxyl groups is 23. The molecule has 0 amide bonds. The summed E-state index contributed by atoms with van der Waals surface area (Å²) in [6, 6.07) is 0. The second kappa shape index (κ2) is 39.4. The average molecular weight is 1830 g/mol. The first-order chi connectivity index (χ1) is 59.6. The number of hydrogen-bond acceptors (Lipinski definition) is 42. The molecule has 4 saturated carbocycles. The van der Waals surface area contributed by atoms with Crippen LogP contribution in [-0.4, -0.2) is 421 Å². The fourth-order valence-electron chi connectivity index (χ4n) is 22.8. The third-order valence-corrected chi connectivity index (χ3v) is 31.1. The van der Waals surface area contributed by atoms with Crippen molar-refractivity contribution in [1.29, 1.82) is 0 Å². The van der Waals surface area contributed by atoms with Gasteiger partial charge in [-0.05, 0) is 124 Å². The number of carbonyl (C=O) groups is 2. The molecule has 8 saturated heterocycles. The lowest BCUT2D eigenvalue weighted by Crippen LogP contribution is -2.67. The number of carbonyl (C=O) groups excluding carboxylic acids is 2. The van der Waals surface area contributed by atoms with Crippen molar-refractivity contribution in [3.05, 3.63) is 36.0 Å². The number of esters is 2. The maximum absolute atomic E-state index is 16.6. The van der Waals surface area contributed by atoms with Crippen LogP contribution in [0.4, 0.5) is 0 Å². The van der Waals surface area contributed by atoms with Crippen molar-refractivity contribution in [3.8, 4) is 0 Å². The van der Waals surface area contributed by atoms with Gasteiger partial charge in [0.2, 0.25) is 6.29 Å². The van der Waals surface area contributed by atoms with E-state index in [9.17, 15) is 122 Å². The highest BCUT2D eigenvalue weighted by atomic mass is 16.8. The first kappa shape index (κ1) is 101. The van der Waals surface area contributed by atoms with Gasteiger partial charge in [0.25, 0.3) is 0 Å². The van der Waals surface area contributed by atoms with E-state index in [1.54, 1.807) is 6.92 Å². The highest BCUT2D eigenvalue weighted by Gasteiger charge is 2.72. The molecule has 0 aromatic carbocycles. The molecular weight excluding hydrogens is 1690 g/mol. The normalized spacial score (nSPS) is 51.1. The fourth-order valence-corrected chi connectivity index (χ4v) is 22.8. The van der Waals surface area contributed by atoms with E-state index in [1.807, 2.05) is 13.8 Å². The molecule has 12 fully saturated rings. The summed E-state index contributed by atoms with van der Waals surface area (Å²) in [6.45, 7) is 18.0. The first-order valence-electron chi connectivity index (χ1n) is 44.2. The van der Waals surface area contributed by atoms with Crippen LogP contribution in [0.15, 0.2) is 36.0 Å². The molecule has 0 spiro atoms. The van der Waals surface area contributed by atoms with E-state index in [0.717, 1.165) is 5.57 Å². The molecule has 0 radical (unpaired) electrons. The largest absolute Gasteiger partial charge is 0.458 e. The van der Waals surface area contributed by atoms with Crippen LogP contribution in [-0.2, 0) is 90.1 Å². The zero-order chi connectivity index (χ0) is 92.9. The molecule has 23 N–H and O–H groups in total. The van der Waals surface area contributed by atoms with Crippen molar-refractivity contribution in [3.63, 3.8) is 0 Å². The second-order valence-electron chi connectivity index (χ2n) is 39.5. The number of allylic oxidation sites excluding steroid dienone is 3. The smallest absolute Gasteiger partial charge is 0.336 e. The summed E-state index contributed by atoms with van der Waals surface area (Å²) in [4.78, 5) is 31.5. The summed E-state index contributed by atoms with van der Waals surface area (Å²) in [5.74, 6) is -2.84. The zero-order valence-corrected chi connectivity index (χ0v) is 73.0. The predicted octanol–water partition coefficient (Wildman–Crippen LogP) is -6.61. The Hall–Kier alpha value is -3.36. The standard InChI is InChI=1S/C85H136O42/c1-12-81(8,127-75-63(107)55(99)48(92)33(2)114-75)19-13-14-35(26-86)69(109)120-47-25-85(78(110)126-77-68(58(102)52(96)41(28-88)118-77)125-74-64(108)66(123-73-62(106)56(100)51(95)40(27-87)116-73)65(34(3)115-74)122-72-60(104)53(97)42(29-89)117-72)23-22-83(10)36(37(85)24-79(47,4)5)15-16-45-82(9)20-18-46(80(6,7)44(82)17-21-84(45,83)11)121-71-61(105)57(101)54(98)43(119-71)32-113-76-67(50(94)39(91)31-112-76)124-70-59(103)49(93)38(90)30-111-70/h12,14-15,33-34,37-68,70-77,86-108H,1,13,16-32H2,2-11H3. The van der Waals surface area contributed by atoms with Crippen molar-refractivity contribution in [2.75, 3.05) is 46.2 Å². The Labute approximate surface area is 734 Å². The van der Waals surface area contributed by atoms with Crippen LogP contribution in [0.1, 0.15) is 140 Å². The summed E-state index contributed by atoms with van der Waals surface area (Å²) in [5, 5.41) is 252. The minimum absolute atomic E-state index is 0.0255. The molecule has 5 aliphatic carbocycles. The van der Waals surface area contributed by atoms with Gasteiger partial charge >= 0.3 is 11.9 Å². The molecular formula is C85H136O42. The van der Waals surface area contributed by atoms with Crippen molar-refractivity contribution < 1.29 is 208 Å². The van der Waals surface area contributed by atoms with Crippen LogP contribution in [0, 0.1) is 50.2 Å². The number of rotatable bonds is 27. The molecule has 728 valence electrons. The number of hydrogen-bond donors (Lipinski definition) is 23. The van der Waals surface area contributed by atoms with Crippen LogP contribution in [0.25, 0.3) is 0 Å². The van der Waals surface area contributed by atoms with Gasteiger partial charge in [0.1, 0.15) is 165 Å². The van der Waals surface area contributed by atoms with Crippen LogP contribution < -0.4 is 0 Å². The maximum atomic E-state index is 16.6. The Morgan fingerprint density at radius 3 is 1.61 bits per heavy atom. The molecule has 42 heteroatoms. The zero-order valence-electron chi connectivity index (χ0n) is 73.0. The molecule has 0 aromatic rings. The number of fused-ring (bicyclic) bond motifs is 7. The third-order valence-electron chi connectivity index (χ3n) is 31.1. The van der Waals surface area contributed by atoms with Gasteiger partial charge in [-0.3, -0.25) is 4.79 Å². The monoisotopic (exact) mass is 1830 g/mol. The highest BCUT2D eigenvalue weighted by Crippen LogP contribution is 2.76. The van der Waals surface area contributed by atoms with Crippen LogP contribution in [0.2, 0.25) is 0 Å². The molecule has 47 atom stereocenters. The molecule has 8 aliphatic heterocycles. The molecule has 13 rings (SSSR count). The Morgan fingerprint density at radius 1 is 0.480 bits per heavy atom. The second-order valence-corrected chi connectivity index (χ2v) is 39.5. The third kappa shape index (κ3) is 18.9. The minimum Gasteiger partial charge on any atom is -0.458 e. The van der Waals surface area contributed by atoms with Crippen LogP contribution >= 0.6 is 0 Å². The fraction of sp³-hybridized carbons (Fsp3) is 0.906. The molecule has 8 heterocycles. The Morgan fingerprint density at radius 2 is 0.984 bits per heavy atom. The Kier molecular flexibility index (Phi) is 31.3. The first-order valence-corrected chi connectivity index (χ1v) is 44.2. The van der Waals surface area contributed by atoms with E-state index in [4.69, 9.17) is 80.5 Å². The van der Waals surface area contributed by atoms with Gasteiger partial charge < -0.3 is 198 Å². The van der Waals surface area contributed by atoms with Gasteiger partial charge in [-0.1, -0.05) is 72.3 Å². The van der Waals surface area contributed by atoms with E-state index >= 15 is 4.79 Å². The predicted molar refractivity (Wildman–Crippen MR) is 423 cm³/mol. The topological polar surface area (TPSA) is 656 Å². The lowest BCUT2D eigenvalue weighted by molar-refractivity contribution is -0.390. The molecule has 47 unspecified atom stereocenters.